The Morgan fingerprint density at radius 1 is 1.37 bits per heavy atom. The zero-order valence-electron chi connectivity index (χ0n) is 11.9. The fraction of sp³-hybridized carbons (Fsp3) is 0.562. The van der Waals surface area contributed by atoms with Crippen LogP contribution in [0.1, 0.15) is 49.9 Å². The van der Waals surface area contributed by atoms with Gasteiger partial charge in [-0.05, 0) is 50.5 Å². The monoisotopic (exact) mass is 277 g/mol. The van der Waals surface area contributed by atoms with Crippen LogP contribution in [0.3, 0.4) is 0 Å². The largest absolute Gasteiger partial charge is 0.336 e. The smallest absolute Gasteiger partial charge is 0.255 e. The molecule has 1 amide bonds. The van der Waals surface area contributed by atoms with Crippen molar-refractivity contribution in [3.05, 3.63) is 29.8 Å². The van der Waals surface area contributed by atoms with E-state index in [0.717, 1.165) is 42.0 Å². The molecule has 3 heteroatoms. The standard InChI is InChI=1S/C16H23NOS/c1-3-12-19-15-10-5-4-9-14(15)16(18)17-11-7-6-8-13(17)2/h4-5,9-10,13H,3,6-8,11-12H2,1-2H3/t13-/m1/s1. The van der Waals surface area contributed by atoms with Crippen LogP contribution < -0.4 is 0 Å². The molecular weight excluding hydrogens is 254 g/mol. The molecule has 1 aliphatic rings. The van der Waals surface area contributed by atoms with Gasteiger partial charge in [0.2, 0.25) is 0 Å². The highest BCUT2D eigenvalue weighted by Crippen LogP contribution is 2.26. The van der Waals surface area contributed by atoms with Gasteiger partial charge in [0.05, 0.1) is 5.56 Å². The number of rotatable bonds is 4. The molecule has 0 aromatic heterocycles. The number of hydrogen-bond acceptors (Lipinski definition) is 2. The Morgan fingerprint density at radius 2 is 2.16 bits per heavy atom. The van der Waals surface area contributed by atoms with Crippen LogP contribution in [0.2, 0.25) is 0 Å². The molecule has 1 fully saturated rings. The summed E-state index contributed by atoms with van der Waals surface area (Å²) in [6, 6.07) is 8.42. The third-order valence-electron chi connectivity index (χ3n) is 3.64. The first kappa shape index (κ1) is 14.4. The molecule has 1 aromatic carbocycles. The molecular formula is C16H23NOS. The highest BCUT2D eigenvalue weighted by Gasteiger charge is 2.25. The first-order valence-corrected chi connectivity index (χ1v) is 8.25. The van der Waals surface area contributed by atoms with Crippen LogP contribution in [0, 0.1) is 0 Å². The first-order valence-electron chi connectivity index (χ1n) is 7.27. The molecule has 0 radical (unpaired) electrons. The summed E-state index contributed by atoms with van der Waals surface area (Å²) in [5.74, 6) is 1.28. The van der Waals surface area contributed by atoms with Crippen molar-refractivity contribution in [3.63, 3.8) is 0 Å². The predicted molar refractivity (Wildman–Crippen MR) is 81.8 cm³/mol. The van der Waals surface area contributed by atoms with E-state index >= 15 is 0 Å². The number of carbonyl (C=O) groups excluding carboxylic acids is 1. The molecule has 0 spiro atoms. The Kier molecular flexibility index (Phi) is 5.32. The summed E-state index contributed by atoms with van der Waals surface area (Å²) >= 11 is 1.79. The van der Waals surface area contributed by atoms with E-state index in [-0.39, 0.29) is 5.91 Å². The molecule has 0 N–H and O–H groups in total. The number of benzene rings is 1. The lowest BCUT2D eigenvalue weighted by molar-refractivity contribution is 0.0632. The second-order valence-corrected chi connectivity index (χ2v) is 6.32. The highest BCUT2D eigenvalue weighted by atomic mass is 32.2. The van der Waals surface area contributed by atoms with Gasteiger partial charge in [-0.15, -0.1) is 11.8 Å². The lowest BCUT2D eigenvalue weighted by Crippen LogP contribution is -2.42. The zero-order chi connectivity index (χ0) is 13.7. The van der Waals surface area contributed by atoms with E-state index in [9.17, 15) is 4.79 Å². The van der Waals surface area contributed by atoms with Gasteiger partial charge in [-0.2, -0.15) is 0 Å². The molecule has 0 aliphatic carbocycles. The van der Waals surface area contributed by atoms with Crippen LogP contribution >= 0.6 is 11.8 Å². The Balaban J connectivity index is 2.17. The zero-order valence-corrected chi connectivity index (χ0v) is 12.7. The average Bonchev–Trinajstić information content (AvgIpc) is 2.45. The quantitative estimate of drug-likeness (QED) is 0.769. The molecule has 0 saturated carbocycles. The number of nitrogens with zero attached hydrogens (tertiary/aromatic N) is 1. The minimum Gasteiger partial charge on any atom is -0.336 e. The van der Waals surface area contributed by atoms with E-state index in [1.165, 1.54) is 6.42 Å². The summed E-state index contributed by atoms with van der Waals surface area (Å²) in [5, 5.41) is 0. The summed E-state index contributed by atoms with van der Waals surface area (Å²) in [7, 11) is 0. The SMILES string of the molecule is CCCSc1ccccc1C(=O)N1CCCC[C@H]1C. The molecule has 19 heavy (non-hydrogen) atoms. The van der Waals surface area contributed by atoms with E-state index in [1.807, 2.05) is 18.2 Å². The van der Waals surface area contributed by atoms with Crippen LogP contribution in [0.15, 0.2) is 29.2 Å². The Morgan fingerprint density at radius 3 is 2.89 bits per heavy atom. The second kappa shape index (κ2) is 6.99. The number of likely N-dealkylation sites (tertiary alicyclic amines) is 1. The van der Waals surface area contributed by atoms with Crippen LogP contribution in [-0.2, 0) is 0 Å². The van der Waals surface area contributed by atoms with Gasteiger partial charge in [-0.3, -0.25) is 4.79 Å². The molecule has 1 atom stereocenters. The van der Waals surface area contributed by atoms with Gasteiger partial charge < -0.3 is 4.90 Å². The van der Waals surface area contributed by atoms with Crippen molar-refractivity contribution < 1.29 is 4.79 Å². The molecule has 104 valence electrons. The number of carbonyl (C=O) groups is 1. The van der Waals surface area contributed by atoms with Crippen LogP contribution in [0.25, 0.3) is 0 Å². The van der Waals surface area contributed by atoms with Gasteiger partial charge in [-0.25, -0.2) is 0 Å². The maximum atomic E-state index is 12.7. The molecule has 1 saturated heterocycles. The maximum absolute atomic E-state index is 12.7. The van der Waals surface area contributed by atoms with Crippen molar-refractivity contribution in [2.24, 2.45) is 0 Å². The van der Waals surface area contributed by atoms with Gasteiger partial charge in [0.25, 0.3) is 5.91 Å². The minimum absolute atomic E-state index is 0.214. The van der Waals surface area contributed by atoms with Crippen molar-refractivity contribution in [2.45, 2.75) is 50.5 Å². The second-order valence-electron chi connectivity index (χ2n) is 5.19. The highest BCUT2D eigenvalue weighted by molar-refractivity contribution is 7.99. The van der Waals surface area contributed by atoms with E-state index in [1.54, 1.807) is 11.8 Å². The third-order valence-corrected chi connectivity index (χ3v) is 4.92. The van der Waals surface area contributed by atoms with Crippen molar-refractivity contribution >= 4 is 17.7 Å². The summed E-state index contributed by atoms with van der Waals surface area (Å²) in [4.78, 5) is 15.9. The van der Waals surface area contributed by atoms with Crippen molar-refractivity contribution in [1.82, 2.24) is 4.90 Å². The fourth-order valence-electron chi connectivity index (χ4n) is 2.54. The van der Waals surface area contributed by atoms with E-state index in [2.05, 4.69) is 24.8 Å². The number of hydrogen-bond donors (Lipinski definition) is 0. The van der Waals surface area contributed by atoms with Gasteiger partial charge in [0, 0.05) is 17.5 Å². The van der Waals surface area contributed by atoms with E-state index < -0.39 is 0 Å². The Hall–Kier alpha value is -0.960. The van der Waals surface area contributed by atoms with Gasteiger partial charge in [0.1, 0.15) is 0 Å². The van der Waals surface area contributed by atoms with Crippen molar-refractivity contribution in [1.29, 1.82) is 0 Å². The fourth-order valence-corrected chi connectivity index (χ4v) is 3.45. The summed E-state index contributed by atoms with van der Waals surface area (Å²) in [5.41, 5.74) is 0.884. The van der Waals surface area contributed by atoms with Crippen LogP contribution in [0.4, 0.5) is 0 Å². The first-order chi connectivity index (χ1) is 9.24. The summed E-state index contributed by atoms with van der Waals surface area (Å²) in [6.45, 7) is 5.25. The van der Waals surface area contributed by atoms with E-state index in [4.69, 9.17) is 0 Å². The molecule has 2 rings (SSSR count). The molecule has 1 heterocycles. The third kappa shape index (κ3) is 3.53. The summed E-state index contributed by atoms with van der Waals surface area (Å²) < 4.78 is 0. The van der Waals surface area contributed by atoms with Gasteiger partial charge in [0.15, 0.2) is 0 Å². The molecule has 1 aliphatic heterocycles. The summed E-state index contributed by atoms with van der Waals surface area (Å²) in [6.07, 6.45) is 4.65. The molecule has 2 nitrogen and oxygen atoms in total. The van der Waals surface area contributed by atoms with Gasteiger partial charge in [-0.1, -0.05) is 19.1 Å². The number of thioether (sulfide) groups is 1. The van der Waals surface area contributed by atoms with E-state index in [0.29, 0.717) is 6.04 Å². The van der Waals surface area contributed by atoms with Crippen LogP contribution in [0.5, 0.6) is 0 Å². The van der Waals surface area contributed by atoms with Crippen LogP contribution in [-0.4, -0.2) is 29.1 Å². The Bertz CT molecular complexity index is 433. The average molecular weight is 277 g/mol. The van der Waals surface area contributed by atoms with Gasteiger partial charge >= 0.3 is 0 Å². The Labute approximate surface area is 120 Å². The lowest BCUT2D eigenvalue weighted by atomic mass is 10.0. The number of piperidine rings is 1. The lowest BCUT2D eigenvalue weighted by Gasteiger charge is -2.33. The minimum atomic E-state index is 0.214. The van der Waals surface area contributed by atoms with Crippen molar-refractivity contribution in [2.75, 3.05) is 12.3 Å². The predicted octanol–water partition coefficient (Wildman–Crippen LogP) is 4.20. The number of amides is 1. The molecule has 0 unspecified atom stereocenters. The maximum Gasteiger partial charge on any atom is 0.255 e. The topological polar surface area (TPSA) is 20.3 Å². The molecule has 1 aromatic rings. The van der Waals surface area contributed by atoms with Crippen molar-refractivity contribution in [3.8, 4) is 0 Å². The molecule has 0 bridgehead atoms. The normalized spacial score (nSPS) is 19.5.